The van der Waals surface area contributed by atoms with E-state index in [9.17, 15) is 4.79 Å². The Morgan fingerprint density at radius 2 is 1.95 bits per heavy atom. The van der Waals surface area contributed by atoms with Gasteiger partial charge in [0.2, 0.25) is 0 Å². The number of para-hydroxylation sites is 2. The highest BCUT2D eigenvalue weighted by Crippen LogP contribution is 2.48. The van der Waals surface area contributed by atoms with E-state index in [2.05, 4.69) is 6.07 Å². The number of imidazole rings is 1. The Kier molecular flexibility index (Phi) is 2.38. The van der Waals surface area contributed by atoms with Crippen LogP contribution in [0.4, 0.5) is 0 Å². The molecule has 1 heterocycles. The zero-order chi connectivity index (χ0) is 13.0. The summed E-state index contributed by atoms with van der Waals surface area (Å²) in [6.45, 7) is 0.918. The first kappa shape index (κ1) is 11.3. The van der Waals surface area contributed by atoms with E-state index in [1.165, 1.54) is 25.7 Å². The van der Waals surface area contributed by atoms with Gasteiger partial charge in [-0.2, -0.15) is 0 Å². The van der Waals surface area contributed by atoms with Crippen LogP contribution < -0.4 is 5.69 Å². The predicted octanol–water partition coefficient (Wildman–Crippen LogP) is 2.78. The van der Waals surface area contributed by atoms with Crippen molar-refractivity contribution in [1.29, 1.82) is 0 Å². The van der Waals surface area contributed by atoms with E-state index in [4.69, 9.17) is 0 Å². The molecule has 3 nitrogen and oxygen atoms in total. The molecule has 2 aliphatic carbocycles. The van der Waals surface area contributed by atoms with Crippen molar-refractivity contribution in [2.24, 2.45) is 24.8 Å². The summed E-state index contributed by atoms with van der Waals surface area (Å²) in [6.07, 6.45) is 5.55. The van der Waals surface area contributed by atoms with Crippen molar-refractivity contribution in [1.82, 2.24) is 9.13 Å². The van der Waals surface area contributed by atoms with E-state index in [1.807, 2.05) is 29.8 Å². The second-order valence-electron chi connectivity index (χ2n) is 6.38. The van der Waals surface area contributed by atoms with Crippen molar-refractivity contribution in [2.45, 2.75) is 32.2 Å². The van der Waals surface area contributed by atoms with Gasteiger partial charge in [0, 0.05) is 13.6 Å². The number of rotatable bonds is 2. The van der Waals surface area contributed by atoms with Crippen molar-refractivity contribution in [3.8, 4) is 0 Å². The second-order valence-corrected chi connectivity index (χ2v) is 6.38. The fraction of sp³-hybridized carbons (Fsp3) is 0.562. The number of hydrogen-bond acceptors (Lipinski definition) is 1. The summed E-state index contributed by atoms with van der Waals surface area (Å²) in [7, 11) is 1.88. The molecule has 1 aromatic heterocycles. The van der Waals surface area contributed by atoms with Crippen LogP contribution >= 0.6 is 0 Å². The smallest absolute Gasteiger partial charge is 0.295 e. The minimum atomic E-state index is 0.143. The topological polar surface area (TPSA) is 26.9 Å². The van der Waals surface area contributed by atoms with Gasteiger partial charge < -0.3 is 0 Å². The molecule has 2 aliphatic rings. The van der Waals surface area contributed by atoms with Gasteiger partial charge in [0.15, 0.2) is 0 Å². The van der Waals surface area contributed by atoms with Crippen LogP contribution in [0, 0.1) is 17.8 Å². The SMILES string of the molecule is Cn1c(=O)n(CC2CC3CCC2C3)c2ccccc21. The molecule has 2 bridgehead atoms. The Balaban J connectivity index is 1.75. The zero-order valence-electron chi connectivity index (χ0n) is 11.4. The summed E-state index contributed by atoms with van der Waals surface area (Å²) in [5, 5.41) is 0. The molecule has 0 amide bonds. The largest absolute Gasteiger partial charge is 0.328 e. The van der Waals surface area contributed by atoms with E-state index >= 15 is 0 Å². The van der Waals surface area contributed by atoms with Crippen molar-refractivity contribution in [3.63, 3.8) is 0 Å². The maximum atomic E-state index is 12.4. The minimum Gasteiger partial charge on any atom is -0.295 e. The van der Waals surface area contributed by atoms with E-state index in [0.29, 0.717) is 0 Å². The third kappa shape index (κ3) is 1.60. The monoisotopic (exact) mass is 256 g/mol. The molecule has 0 saturated heterocycles. The number of aryl methyl sites for hydroxylation is 1. The van der Waals surface area contributed by atoms with Crippen LogP contribution in [0.25, 0.3) is 11.0 Å². The molecule has 100 valence electrons. The molecule has 3 heteroatoms. The summed E-state index contributed by atoms with van der Waals surface area (Å²) >= 11 is 0. The van der Waals surface area contributed by atoms with Gasteiger partial charge >= 0.3 is 5.69 Å². The Hall–Kier alpha value is -1.51. The molecular weight excluding hydrogens is 236 g/mol. The molecule has 1 aromatic carbocycles. The van der Waals surface area contributed by atoms with Gasteiger partial charge in [-0.3, -0.25) is 9.13 Å². The second kappa shape index (κ2) is 3.99. The van der Waals surface area contributed by atoms with Gasteiger partial charge in [0.1, 0.15) is 0 Å². The van der Waals surface area contributed by atoms with Gasteiger partial charge in [-0.25, -0.2) is 4.79 Å². The molecule has 2 fully saturated rings. The van der Waals surface area contributed by atoms with Gasteiger partial charge in [-0.15, -0.1) is 0 Å². The van der Waals surface area contributed by atoms with Gasteiger partial charge in [-0.05, 0) is 49.1 Å². The van der Waals surface area contributed by atoms with Crippen molar-refractivity contribution in [3.05, 3.63) is 34.7 Å². The van der Waals surface area contributed by atoms with Gasteiger partial charge in [-0.1, -0.05) is 18.6 Å². The number of hydrogen-bond donors (Lipinski definition) is 0. The van der Waals surface area contributed by atoms with Crippen LogP contribution in [-0.2, 0) is 13.6 Å². The average Bonchev–Trinajstić information content (AvgIpc) is 3.10. The summed E-state index contributed by atoms with van der Waals surface area (Å²) in [4.78, 5) is 12.4. The number of fused-ring (bicyclic) bond motifs is 3. The summed E-state index contributed by atoms with van der Waals surface area (Å²) in [5.41, 5.74) is 2.29. The maximum absolute atomic E-state index is 12.4. The molecule has 19 heavy (non-hydrogen) atoms. The lowest BCUT2D eigenvalue weighted by molar-refractivity contribution is 0.295. The average molecular weight is 256 g/mol. The highest BCUT2D eigenvalue weighted by atomic mass is 16.1. The van der Waals surface area contributed by atoms with Crippen LogP contribution in [-0.4, -0.2) is 9.13 Å². The Morgan fingerprint density at radius 3 is 2.63 bits per heavy atom. The number of benzene rings is 1. The fourth-order valence-electron chi connectivity index (χ4n) is 4.37. The quantitative estimate of drug-likeness (QED) is 0.811. The fourth-order valence-corrected chi connectivity index (χ4v) is 4.37. The van der Waals surface area contributed by atoms with Gasteiger partial charge in [0.05, 0.1) is 11.0 Å². The molecule has 2 saturated carbocycles. The highest BCUT2D eigenvalue weighted by Gasteiger charge is 2.39. The van der Waals surface area contributed by atoms with Crippen molar-refractivity contribution in [2.75, 3.05) is 0 Å². The van der Waals surface area contributed by atoms with Gasteiger partial charge in [0.25, 0.3) is 0 Å². The predicted molar refractivity (Wildman–Crippen MR) is 76.1 cm³/mol. The molecular formula is C16H20N2O. The summed E-state index contributed by atoms with van der Waals surface area (Å²) in [5.74, 6) is 2.54. The Morgan fingerprint density at radius 1 is 1.16 bits per heavy atom. The first-order valence-corrected chi connectivity index (χ1v) is 7.38. The summed E-state index contributed by atoms with van der Waals surface area (Å²) in [6, 6.07) is 8.14. The summed E-state index contributed by atoms with van der Waals surface area (Å²) < 4.78 is 3.78. The van der Waals surface area contributed by atoms with Crippen LogP contribution in [0.1, 0.15) is 25.7 Å². The van der Waals surface area contributed by atoms with Crippen LogP contribution in [0.15, 0.2) is 29.1 Å². The third-order valence-electron chi connectivity index (χ3n) is 5.35. The first-order chi connectivity index (χ1) is 9.24. The Bertz CT molecular complexity index is 682. The van der Waals surface area contributed by atoms with Crippen molar-refractivity contribution < 1.29 is 0 Å². The molecule has 0 spiro atoms. The van der Waals surface area contributed by atoms with Crippen LogP contribution in [0.5, 0.6) is 0 Å². The van der Waals surface area contributed by atoms with E-state index in [0.717, 1.165) is 35.3 Å². The third-order valence-corrected chi connectivity index (χ3v) is 5.35. The van der Waals surface area contributed by atoms with E-state index in [1.54, 1.807) is 4.57 Å². The van der Waals surface area contributed by atoms with E-state index < -0.39 is 0 Å². The highest BCUT2D eigenvalue weighted by molar-refractivity contribution is 5.75. The van der Waals surface area contributed by atoms with Crippen LogP contribution in [0.3, 0.4) is 0 Å². The molecule has 3 unspecified atom stereocenters. The van der Waals surface area contributed by atoms with Crippen molar-refractivity contribution >= 4 is 11.0 Å². The molecule has 0 N–H and O–H groups in total. The molecule has 4 rings (SSSR count). The molecule has 0 radical (unpaired) electrons. The lowest BCUT2D eigenvalue weighted by Gasteiger charge is -2.21. The lowest BCUT2D eigenvalue weighted by atomic mass is 9.89. The normalized spacial score (nSPS) is 29.4. The zero-order valence-corrected chi connectivity index (χ0v) is 11.4. The Labute approximate surface area is 112 Å². The van der Waals surface area contributed by atoms with E-state index in [-0.39, 0.29) is 5.69 Å². The molecule has 2 aromatic rings. The minimum absolute atomic E-state index is 0.143. The first-order valence-electron chi connectivity index (χ1n) is 7.38. The molecule has 0 aliphatic heterocycles. The number of nitrogens with zero attached hydrogens (tertiary/aromatic N) is 2. The lowest BCUT2D eigenvalue weighted by Crippen LogP contribution is -2.27. The maximum Gasteiger partial charge on any atom is 0.328 e. The number of aromatic nitrogens is 2. The van der Waals surface area contributed by atoms with Crippen LogP contribution in [0.2, 0.25) is 0 Å². The standard InChI is InChI=1S/C16H20N2O/c1-17-14-4-2-3-5-15(14)18(16(17)19)10-13-9-11-6-7-12(13)8-11/h2-5,11-13H,6-10H2,1H3. The molecule has 3 atom stereocenters.